The van der Waals surface area contributed by atoms with Gasteiger partial charge in [0.2, 0.25) is 0 Å². The summed E-state index contributed by atoms with van der Waals surface area (Å²) in [6, 6.07) is 11.0. The molecule has 1 aromatic carbocycles. The maximum absolute atomic E-state index is 13.8. The van der Waals surface area contributed by atoms with Crippen molar-refractivity contribution in [2.75, 3.05) is 11.9 Å². The molecule has 0 bridgehead atoms. The number of carbonyl (C=O) groups is 1. The maximum atomic E-state index is 13.8. The summed E-state index contributed by atoms with van der Waals surface area (Å²) >= 11 is 11.9. The lowest BCUT2D eigenvalue weighted by atomic mass is 10.2. The monoisotopic (exact) mass is 523 g/mol. The molecule has 0 unspecified atom stereocenters. The van der Waals surface area contributed by atoms with E-state index >= 15 is 0 Å². The molecule has 0 aliphatic heterocycles. The van der Waals surface area contributed by atoms with E-state index in [1.54, 1.807) is 18.2 Å². The number of hydrogen-bond donors (Lipinski definition) is 2. The lowest BCUT2D eigenvalue weighted by Gasteiger charge is -2.10. The average molecular weight is 524 g/mol. The van der Waals surface area contributed by atoms with E-state index in [2.05, 4.69) is 15.3 Å². The van der Waals surface area contributed by atoms with Crippen molar-refractivity contribution in [1.82, 2.24) is 13.9 Å². The number of carbonyl (C=O) groups excluding carboxylic acids is 1. The Labute approximate surface area is 203 Å². The quantitative estimate of drug-likeness (QED) is 0.341. The van der Waals surface area contributed by atoms with E-state index in [0.717, 1.165) is 16.1 Å². The fourth-order valence-corrected chi connectivity index (χ4v) is 5.00. The van der Waals surface area contributed by atoms with E-state index in [9.17, 15) is 17.6 Å². The topological polar surface area (TPSA) is 129 Å². The summed E-state index contributed by atoms with van der Waals surface area (Å²) in [7, 11) is -4.21. The second-order valence-electron chi connectivity index (χ2n) is 7.00. The van der Waals surface area contributed by atoms with E-state index in [0.29, 0.717) is 16.6 Å². The van der Waals surface area contributed by atoms with Gasteiger partial charge in [-0.15, -0.1) is 0 Å². The third-order valence-electron chi connectivity index (χ3n) is 4.75. The molecule has 0 radical (unpaired) electrons. The van der Waals surface area contributed by atoms with E-state index < -0.39 is 21.9 Å². The molecule has 0 aliphatic carbocycles. The van der Waals surface area contributed by atoms with Gasteiger partial charge in [0.25, 0.3) is 10.0 Å². The first kappa shape index (κ1) is 23.7. The van der Waals surface area contributed by atoms with Crippen LogP contribution in [-0.4, -0.2) is 35.1 Å². The van der Waals surface area contributed by atoms with Gasteiger partial charge in [-0.25, -0.2) is 31.5 Å². The molecule has 4 aromatic rings. The van der Waals surface area contributed by atoms with Gasteiger partial charge in [0.05, 0.1) is 17.2 Å². The zero-order chi connectivity index (χ0) is 24.5. The second-order valence-corrected chi connectivity index (χ2v) is 9.56. The third-order valence-corrected chi connectivity index (χ3v) is 6.89. The molecule has 34 heavy (non-hydrogen) atoms. The van der Waals surface area contributed by atoms with Gasteiger partial charge in [-0.2, -0.15) is 0 Å². The van der Waals surface area contributed by atoms with Crippen LogP contribution in [0.3, 0.4) is 0 Å². The number of ether oxygens (including phenoxy) is 1. The van der Waals surface area contributed by atoms with Crippen LogP contribution in [0, 0.1) is 5.82 Å². The molecule has 9 nitrogen and oxygen atoms in total. The highest BCUT2D eigenvalue weighted by Crippen LogP contribution is 2.29. The number of halogens is 3. The van der Waals surface area contributed by atoms with E-state index in [4.69, 9.17) is 33.7 Å². The standard InChI is InChI=1S/C21H16Cl2FN5O4S/c22-17-6-5-16(19(23)27-17)26-18-7-4-15-12(8-9-33-21(25)30)11-29(20(15)28-18)34(31,32)14-3-1-2-13(24)10-14/h1-7,10-11H,8-9H2,(H2,25,30)(H,26,28). The van der Waals surface area contributed by atoms with Crippen molar-refractivity contribution >= 4 is 61.9 Å². The lowest BCUT2D eigenvalue weighted by molar-refractivity contribution is 0.158. The number of rotatable bonds is 7. The van der Waals surface area contributed by atoms with Gasteiger partial charge in [-0.1, -0.05) is 29.3 Å². The van der Waals surface area contributed by atoms with Crippen molar-refractivity contribution in [3.05, 3.63) is 76.4 Å². The largest absolute Gasteiger partial charge is 0.449 e. The predicted octanol–water partition coefficient (Wildman–Crippen LogP) is 4.50. The Morgan fingerprint density at radius 3 is 2.65 bits per heavy atom. The highest BCUT2D eigenvalue weighted by atomic mass is 35.5. The van der Waals surface area contributed by atoms with E-state index in [1.807, 2.05) is 0 Å². The number of nitrogens with two attached hydrogens (primary N) is 1. The van der Waals surface area contributed by atoms with Crippen LogP contribution in [0.1, 0.15) is 5.56 Å². The van der Waals surface area contributed by atoms with Crippen molar-refractivity contribution < 1.29 is 22.3 Å². The van der Waals surface area contributed by atoms with E-state index in [-0.39, 0.29) is 39.7 Å². The first-order chi connectivity index (χ1) is 16.1. The Morgan fingerprint density at radius 2 is 1.94 bits per heavy atom. The van der Waals surface area contributed by atoms with Gasteiger partial charge < -0.3 is 15.8 Å². The number of primary amides is 1. The molecule has 176 valence electrons. The first-order valence-corrected chi connectivity index (χ1v) is 11.9. The van der Waals surface area contributed by atoms with Crippen molar-refractivity contribution in [2.24, 2.45) is 5.73 Å². The van der Waals surface area contributed by atoms with Gasteiger partial charge in [-0.3, -0.25) is 0 Å². The summed E-state index contributed by atoms with van der Waals surface area (Å²) in [6.07, 6.45) is 0.573. The molecule has 13 heteroatoms. The second kappa shape index (κ2) is 9.45. The number of aromatic nitrogens is 3. The molecule has 0 aliphatic rings. The minimum Gasteiger partial charge on any atom is -0.449 e. The lowest BCUT2D eigenvalue weighted by Crippen LogP contribution is -2.15. The highest BCUT2D eigenvalue weighted by molar-refractivity contribution is 7.90. The smallest absolute Gasteiger partial charge is 0.404 e. The molecule has 3 aromatic heterocycles. The van der Waals surface area contributed by atoms with Crippen molar-refractivity contribution in [1.29, 1.82) is 0 Å². The zero-order valence-electron chi connectivity index (χ0n) is 17.2. The van der Waals surface area contributed by atoms with Gasteiger partial charge >= 0.3 is 6.09 Å². The minimum atomic E-state index is -4.21. The van der Waals surface area contributed by atoms with Crippen LogP contribution in [0.15, 0.2) is 59.6 Å². The summed E-state index contributed by atoms with van der Waals surface area (Å²) < 4.78 is 46.2. The minimum absolute atomic E-state index is 0.0689. The Bertz CT molecular complexity index is 1510. The predicted molar refractivity (Wildman–Crippen MR) is 125 cm³/mol. The van der Waals surface area contributed by atoms with Crippen LogP contribution in [0.2, 0.25) is 10.3 Å². The van der Waals surface area contributed by atoms with Gasteiger partial charge in [0, 0.05) is 18.0 Å². The molecule has 4 rings (SSSR count). The van der Waals surface area contributed by atoms with Crippen molar-refractivity contribution in [3.63, 3.8) is 0 Å². The van der Waals surface area contributed by atoms with Crippen molar-refractivity contribution in [2.45, 2.75) is 11.3 Å². The summed E-state index contributed by atoms with van der Waals surface area (Å²) in [6.45, 7) is -0.0689. The number of benzene rings is 1. The summed E-state index contributed by atoms with van der Waals surface area (Å²) in [5.41, 5.74) is 6.01. The Hall–Kier alpha value is -3.41. The molecule has 3 N–H and O–H groups in total. The Kier molecular flexibility index (Phi) is 6.60. The molecule has 0 saturated heterocycles. The summed E-state index contributed by atoms with van der Waals surface area (Å²) in [5, 5.41) is 3.76. The molecule has 1 amide bonds. The van der Waals surface area contributed by atoms with Crippen LogP contribution in [0.4, 0.5) is 20.7 Å². The number of pyridine rings is 2. The number of nitrogens with one attached hydrogen (secondary N) is 1. The van der Waals surface area contributed by atoms with E-state index in [1.165, 1.54) is 24.4 Å². The van der Waals surface area contributed by atoms with Crippen LogP contribution < -0.4 is 11.1 Å². The zero-order valence-corrected chi connectivity index (χ0v) is 19.5. The Balaban J connectivity index is 1.82. The summed E-state index contributed by atoms with van der Waals surface area (Å²) in [5.74, 6) is -0.430. The highest BCUT2D eigenvalue weighted by Gasteiger charge is 2.23. The molecule has 0 atom stereocenters. The normalized spacial score (nSPS) is 11.5. The van der Waals surface area contributed by atoms with Gasteiger partial charge in [0.15, 0.2) is 10.8 Å². The molecule has 0 spiro atoms. The SMILES string of the molecule is NC(=O)OCCc1cn(S(=O)(=O)c2cccc(F)c2)c2nc(Nc3ccc(Cl)nc3Cl)ccc12. The fraction of sp³-hybridized carbons (Fsp3) is 0.0952. The van der Waals surface area contributed by atoms with Crippen LogP contribution in [-0.2, 0) is 21.2 Å². The fourth-order valence-electron chi connectivity index (χ4n) is 3.24. The average Bonchev–Trinajstić information content (AvgIpc) is 3.14. The summed E-state index contributed by atoms with van der Waals surface area (Å²) in [4.78, 5) is 19.0. The van der Waals surface area contributed by atoms with Gasteiger partial charge in [-0.05, 0) is 48.0 Å². The number of nitrogens with zero attached hydrogens (tertiary/aromatic N) is 3. The maximum Gasteiger partial charge on any atom is 0.404 e. The molecule has 0 fully saturated rings. The third kappa shape index (κ3) is 4.91. The number of anilines is 2. The van der Waals surface area contributed by atoms with Gasteiger partial charge in [0.1, 0.15) is 16.8 Å². The first-order valence-electron chi connectivity index (χ1n) is 9.68. The molecule has 3 heterocycles. The molecular formula is C21H16Cl2FN5O4S. The van der Waals surface area contributed by atoms with Crippen molar-refractivity contribution in [3.8, 4) is 0 Å². The van der Waals surface area contributed by atoms with Crippen LogP contribution in [0.25, 0.3) is 11.0 Å². The molecule has 0 saturated carbocycles. The Morgan fingerprint density at radius 1 is 1.15 bits per heavy atom. The number of amides is 1. The number of fused-ring (bicyclic) bond motifs is 1. The van der Waals surface area contributed by atoms with Crippen LogP contribution >= 0.6 is 23.2 Å². The van der Waals surface area contributed by atoms with Crippen LogP contribution in [0.5, 0.6) is 0 Å². The molecular weight excluding hydrogens is 508 g/mol. The number of hydrogen-bond acceptors (Lipinski definition) is 7.